The van der Waals surface area contributed by atoms with E-state index in [9.17, 15) is 4.79 Å². The van der Waals surface area contributed by atoms with Crippen LogP contribution < -0.4 is 16.0 Å². The monoisotopic (exact) mass is 532 g/mol. The molecule has 2 aromatic carbocycles. The number of hydrogen-bond donors (Lipinski definition) is 3. The summed E-state index contributed by atoms with van der Waals surface area (Å²) in [6, 6.07) is 17.0. The first kappa shape index (κ1) is 23.6. The van der Waals surface area contributed by atoms with E-state index in [4.69, 9.17) is 0 Å². The normalized spacial score (nSPS) is 19.7. The first-order valence-corrected chi connectivity index (χ1v) is 11.0. The second-order valence-corrected chi connectivity index (χ2v) is 8.70. The second-order valence-electron chi connectivity index (χ2n) is 8.70. The summed E-state index contributed by atoms with van der Waals surface area (Å²) in [7, 11) is 1.81. The van der Waals surface area contributed by atoms with E-state index >= 15 is 0 Å². The van der Waals surface area contributed by atoms with Crippen molar-refractivity contribution in [3.05, 3.63) is 65.2 Å². The van der Waals surface area contributed by atoms with Gasteiger partial charge in [-0.05, 0) is 37.0 Å². The summed E-state index contributed by atoms with van der Waals surface area (Å²) in [6.07, 6.45) is 5.45. The molecule has 0 bridgehead atoms. The molecule has 1 aliphatic heterocycles. The molecule has 2 aromatic rings. The zero-order valence-electron chi connectivity index (χ0n) is 18.4. The number of aryl methyl sites for hydroxylation is 1. The van der Waals surface area contributed by atoms with Gasteiger partial charge in [-0.25, -0.2) is 0 Å². The van der Waals surface area contributed by atoms with Crippen LogP contribution in [-0.4, -0.2) is 32.0 Å². The van der Waals surface area contributed by atoms with Crippen LogP contribution in [-0.2, 0) is 10.2 Å². The summed E-state index contributed by atoms with van der Waals surface area (Å²) in [4.78, 5) is 16.5. The summed E-state index contributed by atoms with van der Waals surface area (Å²) in [5.74, 6) is 1.02. The van der Waals surface area contributed by atoms with Gasteiger partial charge in [0.25, 0.3) is 0 Å². The molecule has 166 valence electrons. The van der Waals surface area contributed by atoms with Gasteiger partial charge in [0.15, 0.2) is 5.96 Å². The summed E-state index contributed by atoms with van der Waals surface area (Å²) in [6.45, 7) is 3.72. The van der Waals surface area contributed by atoms with E-state index in [1.165, 1.54) is 42.4 Å². The van der Waals surface area contributed by atoms with E-state index in [0.717, 1.165) is 18.2 Å². The molecule has 31 heavy (non-hydrogen) atoms. The predicted octanol–water partition coefficient (Wildman–Crippen LogP) is 4.72. The molecule has 1 unspecified atom stereocenters. The lowest BCUT2D eigenvalue weighted by Crippen LogP contribution is -2.46. The molecule has 1 aliphatic carbocycles. The van der Waals surface area contributed by atoms with Crippen LogP contribution in [0.5, 0.6) is 0 Å². The summed E-state index contributed by atoms with van der Waals surface area (Å²) in [5.41, 5.74) is 5.03. The van der Waals surface area contributed by atoms with E-state index in [1.54, 1.807) is 0 Å². The average molecular weight is 532 g/mol. The molecule has 1 amide bonds. The van der Waals surface area contributed by atoms with Crippen molar-refractivity contribution >= 4 is 41.5 Å². The first-order chi connectivity index (χ1) is 14.6. The number of aliphatic imine (C=N–C) groups is 1. The Morgan fingerprint density at radius 2 is 1.90 bits per heavy atom. The second kappa shape index (κ2) is 10.5. The predicted molar refractivity (Wildman–Crippen MR) is 139 cm³/mol. The zero-order chi connectivity index (χ0) is 21.0. The standard InChI is InChI=1S/C25H32N4O.HI/c1-18-8-7-9-20(14-18)25(12-5-6-13-25)17-28-24(26-2)27-16-19-15-23(30)29-22-11-4-3-10-21(19)22;/h3-4,7-11,14,19H,5-6,12-13,15-17H2,1-2H3,(H,29,30)(H2,26,27,28);1H. The number of nitrogens with zero attached hydrogens (tertiary/aromatic N) is 1. The van der Waals surface area contributed by atoms with Crippen LogP contribution in [0.25, 0.3) is 0 Å². The third-order valence-electron chi connectivity index (χ3n) is 6.63. The van der Waals surface area contributed by atoms with Crippen molar-refractivity contribution < 1.29 is 4.79 Å². The van der Waals surface area contributed by atoms with Gasteiger partial charge < -0.3 is 16.0 Å². The van der Waals surface area contributed by atoms with Crippen molar-refractivity contribution in [2.24, 2.45) is 4.99 Å². The molecule has 6 heteroatoms. The lowest BCUT2D eigenvalue weighted by atomic mass is 9.78. The molecule has 0 spiro atoms. The van der Waals surface area contributed by atoms with Gasteiger partial charge >= 0.3 is 0 Å². The molecule has 4 rings (SSSR count). The summed E-state index contributed by atoms with van der Waals surface area (Å²) in [5, 5.41) is 10.0. The summed E-state index contributed by atoms with van der Waals surface area (Å²) >= 11 is 0. The minimum Gasteiger partial charge on any atom is -0.356 e. The van der Waals surface area contributed by atoms with Gasteiger partial charge in [-0.1, -0.05) is 60.9 Å². The minimum atomic E-state index is 0. The fourth-order valence-corrected chi connectivity index (χ4v) is 4.97. The van der Waals surface area contributed by atoms with Crippen LogP contribution in [0, 0.1) is 6.92 Å². The number of rotatable bonds is 5. The Hall–Kier alpha value is -2.09. The van der Waals surface area contributed by atoms with Crippen LogP contribution in [0.2, 0.25) is 0 Å². The molecule has 0 saturated heterocycles. The fraction of sp³-hybridized carbons (Fsp3) is 0.440. The van der Waals surface area contributed by atoms with E-state index < -0.39 is 0 Å². The number of halogens is 1. The Bertz CT molecular complexity index is 937. The number of nitrogens with one attached hydrogen (secondary N) is 3. The number of hydrogen-bond acceptors (Lipinski definition) is 2. The lowest BCUT2D eigenvalue weighted by Gasteiger charge is -2.31. The van der Waals surface area contributed by atoms with E-state index in [0.29, 0.717) is 13.0 Å². The highest BCUT2D eigenvalue weighted by Gasteiger charge is 2.35. The third-order valence-corrected chi connectivity index (χ3v) is 6.63. The molecule has 5 nitrogen and oxygen atoms in total. The Balaban J connectivity index is 0.00000272. The van der Waals surface area contributed by atoms with E-state index in [-0.39, 0.29) is 41.2 Å². The van der Waals surface area contributed by atoms with Crippen LogP contribution in [0.4, 0.5) is 5.69 Å². The quantitative estimate of drug-likeness (QED) is 0.297. The maximum atomic E-state index is 12.1. The highest BCUT2D eigenvalue weighted by Crippen LogP contribution is 2.41. The van der Waals surface area contributed by atoms with Gasteiger partial charge in [-0.2, -0.15) is 0 Å². The Labute approximate surface area is 202 Å². The lowest BCUT2D eigenvalue weighted by molar-refractivity contribution is -0.116. The third kappa shape index (κ3) is 5.40. The number of benzene rings is 2. The van der Waals surface area contributed by atoms with Crippen molar-refractivity contribution in [2.75, 3.05) is 25.5 Å². The molecule has 1 fully saturated rings. The van der Waals surface area contributed by atoms with Crippen LogP contribution >= 0.6 is 24.0 Å². The first-order valence-electron chi connectivity index (χ1n) is 11.0. The van der Waals surface area contributed by atoms with Crippen molar-refractivity contribution in [3.63, 3.8) is 0 Å². The van der Waals surface area contributed by atoms with Crippen molar-refractivity contribution in [3.8, 4) is 0 Å². The van der Waals surface area contributed by atoms with E-state index in [2.05, 4.69) is 58.2 Å². The average Bonchev–Trinajstić information content (AvgIpc) is 3.24. The van der Waals surface area contributed by atoms with Gasteiger partial charge in [0.1, 0.15) is 0 Å². The fourth-order valence-electron chi connectivity index (χ4n) is 4.97. The SMILES string of the molecule is CN=C(NCC1CC(=O)Nc2ccccc21)NCC1(c2cccc(C)c2)CCCC1.I. The number of anilines is 1. The number of carbonyl (C=O) groups is 1. The largest absolute Gasteiger partial charge is 0.356 e. The van der Waals surface area contributed by atoms with Gasteiger partial charge in [0, 0.05) is 43.6 Å². The smallest absolute Gasteiger partial charge is 0.225 e. The highest BCUT2D eigenvalue weighted by atomic mass is 127. The zero-order valence-corrected chi connectivity index (χ0v) is 20.7. The molecular formula is C25H33IN4O. The highest BCUT2D eigenvalue weighted by molar-refractivity contribution is 14.0. The number of carbonyl (C=O) groups excluding carboxylic acids is 1. The van der Waals surface area contributed by atoms with Gasteiger partial charge in [-0.3, -0.25) is 9.79 Å². The number of amides is 1. The molecular weight excluding hydrogens is 499 g/mol. The van der Waals surface area contributed by atoms with Crippen LogP contribution in [0.15, 0.2) is 53.5 Å². The Morgan fingerprint density at radius 1 is 1.13 bits per heavy atom. The Kier molecular flexibility index (Phi) is 7.97. The minimum absolute atomic E-state index is 0. The van der Waals surface area contributed by atoms with Crippen molar-refractivity contribution in [2.45, 2.75) is 50.4 Å². The van der Waals surface area contributed by atoms with Gasteiger partial charge in [0.05, 0.1) is 0 Å². The molecule has 1 heterocycles. The number of para-hydroxylation sites is 1. The van der Waals surface area contributed by atoms with Crippen LogP contribution in [0.3, 0.4) is 0 Å². The maximum absolute atomic E-state index is 12.1. The number of guanidine groups is 1. The van der Waals surface area contributed by atoms with Gasteiger partial charge in [-0.15, -0.1) is 24.0 Å². The molecule has 0 radical (unpaired) electrons. The molecule has 1 saturated carbocycles. The van der Waals surface area contributed by atoms with Crippen molar-refractivity contribution in [1.29, 1.82) is 0 Å². The molecule has 3 N–H and O–H groups in total. The van der Waals surface area contributed by atoms with Gasteiger partial charge in [0.2, 0.25) is 5.91 Å². The van der Waals surface area contributed by atoms with Crippen LogP contribution in [0.1, 0.15) is 54.7 Å². The van der Waals surface area contributed by atoms with E-state index in [1.807, 2.05) is 25.2 Å². The van der Waals surface area contributed by atoms with Crippen molar-refractivity contribution in [1.82, 2.24) is 10.6 Å². The molecule has 2 aliphatic rings. The Morgan fingerprint density at radius 3 is 2.65 bits per heavy atom. The molecule has 1 atom stereocenters. The summed E-state index contributed by atoms with van der Waals surface area (Å²) < 4.78 is 0. The molecule has 0 aromatic heterocycles. The number of fused-ring (bicyclic) bond motifs is 1. The topological polar surface area (TPSA) is 65.5 Å². The maximum Gasteiger partial charge on any atom is 0.225 e.